The van der Waals surface area contributed by atoms with Crippen molar-refractivity contribution in [2.24, 2.45) is 0 Å². The van der Waals surface area contributed by atoms with E-state index in [9.17, 15) is 14.0 Å². The summed E-state index contributed by atoms with van der Waals surface area (Å²) < 4.78 is 13.1. The van der Waals surface area contributed by atoms with Crippen LogP contribution in [0.3, 0.4) is 0 Å². The quantitative estimate of drug-likeness (QED) is 0.595. The van der Waals surface area contributed by atoms with Crippen LogP contribution in [-0.4, -0.2) is 22.8 Å². The molecule has 0 spiro atoms. The molecule has 0 aromatic heterocycles. The highest BCUT2D eigenvalue weighted by molar-refractivity contribution is 6.21. The van der Waals surface area contributed by atoms with Gasteiger partial charge in [-0.05, 0) is 49.1 Å². The van der Waals surface area contributed by atoms with Crippen LogP contribution in [0, 0.1) is 5.82 Å². The van der Waals surface area contributed by atoms with Crippen LogP contribution < -0.4 is 0 Å². The number of halogens is 1. The average Bonchev–Trinajstić information content (AvgIpc) is 2.85. The fourth-order valence-corrected chi connectivity index (χ4v) is 3.06. The number of hydrogen-bond donors (Lipinski definition) is 0. The maximum Gasteiger partial charge on any atom is 0.261 e. The lowest BCUT2D eigenvalue weighted by Crippen LogP contribution is -2.41. The molecule has 0 N–H and O–H groups in total. The van der Waals surface area contributed by atoms with Gasteiger partial charge in [0.15, 0.2) is 0 Å². The van der Waals surface area contributed by atoms with Gasteiger partial charge in [0, 0.05) is 6.04 Å². The van der Waals surface area contributed by atoms with Gasteiger partial charge >= 0.3 is 0 Å². The summed E-state index contributed by atoms with van der Waals surface area (Å²) in [5, 5.41) is 0. The Morgan fingerprint density at radius 2 is 1.58 bits per heavy atom. The molecule has 3 nitrogen and oxygen atoms in total. The van der Waals surface area contributed by atoms with Crippen molar-refractivity contribution in [3.63, 3.8) is 0 Å². The maximum atomic E-state index is 13.1. The van der Waals surface area contributed by atoms with Crippen molar-refractivity contribution in [1.82, 2.24) is 4.90 Å². The van der Waals surface area contributed by atoms with Gasteiger partial charge in [-0.3, -0.25) is 14.5 Å². The summed E-state index contributed by atoms with van der Waals surface area (Å²) in [5.41, 5.74) is 1.79. The molecule has 0 bridgehead atoms. The molecule has 0 radical (unpaired) electrons. The zero-order valence-corrected chi connectivity index (χ0v) is 13.2. The highest BCUT2D eigenvalue weighted by Gasteiger charge is 2.39. The second-order valence-electron chi connectivity index (χ2n) is 5.88. The molecule has 2 aromatic carbocycles. The molecule has 0 saturated carbocycles. The number of amides is 2. The molecule has 0 fully saturated rings. The number of fused-ring (bicyclic) bond motifs is 1. The van der Waals surface area contributed by atoms with Gasteiger partial charge in [0.25, 0.3) is 11.8 Å². The van der Waals surface area contributed by atoms with Gasteiger partial charge in [0.1, 0.15) is 5.82 Å². The lowest BCUT2D eigenvalue weighted by molar-refractivity contribution is 0.0576. The summed E-state index contributed by atoms with van der Waals surface area (Å²) in [6.07, 6.45) is 3.60. The number of hydrogen-bond acceptors (Lipinski definition) is 2. The lowest BCUT2D eigenvalue weighted by atomic mass is 10.00. The number of rotatable bonds is 6. The van der Waals surface area contributed by atoms with E-state index in [4.69, 9.17) is 0 Å². The Balaban J connectivity index is 1.89. The first kappa shape index (κ1) is 16.1. The summed E-state index contributed by atoms with van der Waals surface area (Å²) in [7, 11) is 0. The monoisotopic (exact) mass is 323 g/mol. The first-order valence-corrected chi connectivity index (χ1v) is 7.94. The van der Waals surface area contributed by atoms with Crippen LogP contribution >= 0.6 is 0 Å². The molecule has 24 heavy (non-hydrogen) atoms. The maximum absolute atomic E-state index is 13.1. The lowest BCUT2D eigenvalue weighted by Gasteiger charge is -2.26. The molecule has 3 rings (SSSR count). The fraction of sp³-hybridized carbons (Fsp3) is 0.200. The van der Waals surface area contributed by atoms with Crippen molar-refractivity contribution in [2.45, 2.75) is 25.3 Å². The fourth-order valence-electron chi connectivity index (χ4n) is 3.06. The van der Waals surface area contributed by atoms with Crippen molar-refractivity contribution in [3.05, 3.63) is 83.7 Å². The highest BCUT2D eigenvalue weighted by atomic mass is 19.1. The van der Waals surface area contributed by atoms with E-state index >= 15 is 0 Å². The van der Waals surface area contributed by atoms with Crippen molar-refractivity contribution in [2.75, 3.05) is 0 Å². The van der Waals surface area contributed by atoms with E-state index in [2.05, 4.69) is 6.58 Å². The summed E-state index contributed by atoms with van der Waals surface area (Å²) in [4.78, 5) is 26.7. The van der Waals surface area contributed by atoms with Gasteiger partial charge in [-0.1, -0.05) is 30.3 Å². The SMILES string of the molecule is C=CCCC(Cc1ccc(F)cc1)N1C(=O)c2ccccc2C1=O. The van der Waals surface area contributed by atoms with Gasteiger partial charge < -0.3 is 0 Å². The van der Waals surface area contributed by atoms with Crippen molar-refractivity contribution in [1.29, 1.82) is 0 Å². The molecule has 2 aromatic rings. The summed E-state index contributed by atoms with van der Waals surface area (Å²) in [5.74, 6) is -0.819. The molecule has 2 amide bonds. The van der Waals surface area contributed by atoms with E-state index in [1.807, 2.05) is 0 Å². The summed E-state index contributed by atoms with van der Waals surface area (Å²) in [6, 6.07) is 12.8. The van der Waals surface area contributed by atoms with Crippen LogP contribution in [0.4, 0.5) is 4.39 Å². The molecule has 1 unspecified atom stereocenters. The Hall–Kier alpha value is -2.75. The van der Waals surface area contributed by atoms with Crippen LogP contribution in [0.25, 0.3) is 0 Å². The van der Waals surface area contributed by atoms with E-state index in [-0.39, 0.29) is 23.7 Å². The Bertz CT molecular complexity index is 747. The minimum absolute atomic E-state index is 0.258. The third-order valence-electron chi connectivity index (χ3n) is 4.28. The van der Waals surface area contributed by atoms with Crippen molar-refractivity contribution in [3.8, 4) is 0 Å². The van der Waals surface area contributed by atoms with E-state index in [0.29, 0.717) is 30.4 Å². The Morgan fingerprint density at radius 3 is 2.12 bits per heavy atom. The Morgan fingerprint density at radius 1 is 1.00 bits per heavy atom. The predicted molar refractivity (Wildman–Crippen MR) is 90.3 cm³/mol. The molecule has 1 aliphatic rings. The molecule has 1 heterocycles. The zero-order valence-electron chi connectivity index (χ0n) is 13.2. The van der Waals surface area contributed by atoms with Gasteiger partial charge in [-0.2, -0.15) is 0 Å². The van der Waals surface area contributed by atoms with Crippen LogP contribution in [-0.2, 0) is 6.42 Å². The van der Waals surface area contributed by atoms with Crippen molar-refractivity contribution < 1.29 is 14.0 Å². The predicted octanol–water partition coefficient (Wildman–Crippen LogP) is 4.00. The van der Waals surface area contributed by atoms with Crippen LogP contribution in [0.1, 0.15) is 39.1 Å². The normalized spacial score (nSPS) is 14.6. The number of allylic oxidation sites excluding steroid dienone is 1. The minimum atomic E-state index is -0.304. The molecular weight excluding hydrogens is 305 g/mol. The first-order valence-electron chi connectivity index (χ1n) is 7.94. The number of carbonyl (C=O) groups is 2. The summed E-state index contributed by atoms with van der Waals surface area (Å²) >= 11 is 0. The molecule has 1 aliphatic heterocycles. The molecule has 0 aliphatic carbocycles. The molecule has 0 saturated heterocycles. The number of nitrogens with zero attached hydrogens (tertiary/aromatic N) is 1. The zero-order chi connectivity index (χ0) is 17.1. The van der Waals surface area contributed by atoms with Crippen LogP contribution in [0.5, 0.6) is 0 Å². The van der Waals surface area contributed by atoms with E-state index in [1.165, 1.54) is 17.0 Å². The summed E-state index contributed by atoms with van der Waals surface area (Å²) in [6.45, 7) is 3.72. The van der Waals surface area contributed by atoms with Crippen LogP contribution in [0.2, 0.25) is 0 Å². The Labute approximate surface area is 140 Å². The van der Waals surface area contributed by atoms with Gasteiger partial charge in [0.2, 0.25) is 0 Å². The second-order valence-corrected chi connectivity index (χ2v) is 5.88. The van der Waals surface area contributed by atoms with E-state index < -0.39 is 0 Å². The van der Waals surface area contributed by atoms with E-state index in [1.54, 1.807) is 42.5 Å². The third kappa shape index (κ3) is 3.00. The number of carbonyl (C=O) groups excluding carboxylic acids is 2. The molecule has 122 valence electrons. The minimum Gasteiger partial charge on any atom is -0.271 e. The largest absolute Gasteiger partial charge is 0.271 e. The highest BCUT2D eigenvalue weighted by Crippen LogP contribution is 2.27. The standard InChI is InChI=1S/C20H18FNO2/c1-2-3-6-16(13-14-9-11-15(21)12-10-14)22-19(23)17-7-4-5-8-18(17)20(22)24/h2,4-5,7-12,16H,1,3,6,13H2. The molecule has 4 heteroatoms. The molecular formula is C20H18FNO2. The topological polar surface area (TPSA) is 37.4 Å². The number of benzene rings is 2. The van der Waals surface area contributed by atoms with Gasteiger partial charge in [-0.25, -0.2) is 4.39 Å². The molecule has 1 atom stereocenters. The second kappa shape index (κ2) is 6.79. The number of imide groups is 1. The first-order chi connectivity index (χ1) is 11.6. The van der Waals surface area contributed by atoms with E-state index in [0.717, 1.165) is 5.56 Å². The van der Waals surface area contributed by atoms with Crippen LogP contribution in [0.15, 0.2) is 61.2 Å². The van der Waals surface area contributed by atoms with Crippen molar-refractivity contribution >= 4 is 11.8 Å². The van der Waals surface area contributed by atoms with Gasteiger partial charge in [-0.15, -0.1) is 6.58 Å². The Kier molecular flexibility index (Phi) is 4.56. The smallest absolute Gasteiger partial charge is 0.261 e. The average molecular weight is 323 g/mol. The third-order valence-corrected chi connectivity index (χ3v) is 4.28. The van der Waals surface area contributed by atoms with Gasteiger partial charge in [0.05, 0.1) is 11.1 Å².